The molecule has 0 saturated carbocycles. The molecule has 0 amide bonds. The molecule has 1 saturated heterocycles. The Morgan fingerprint density at radius 1 is 1.55 bits per heavy atom. The summed E-state index contributed by atoms with van der Waals surface area (Å²) in [7, 11) is 1.37. The molecule has 1 unspecified atom stereocenters. The number of hydrogen-bond acceptors (Lipinski definition) is 7. The molecule has 1 aromatic heterocycles. The van der Waals surface area contributed by atoms with Crippen molar-refractivity contribution in [1.29, 1.82) is 0 Å². The first kappa shape index (κ1) is 14.5. The Labute approximate surface area is 117 Å². The fourth-order valence-electron chi connectivity index (χ4n) is 2.10. The first-order valence-corrected chi connectivity index (χ1v) is 6.56. The van der Waals surface area contributed by atoms with Gasteiger partial charge < -0.3 is 19.1 Å². The molecule has 0 bridgehead atoms. The van der Waals surface area contributed by atoms with Crippen molar-refractivity contribution >= 4 is 11.8 Å². The second-order valence-electron chi connectivity index (χ2n) is 4.35. The van der Waals surface area contributed by atoms with E-state index in [4.69, 9.17) is 14.2 Å². The van der Waals surface area contributed by atoms with Crippen LogP contribution in [0.15, 0.2) is 6.07 Å². The van der Waals surface area contributed by atoms with Crippen molar-refractivity contribution in [2.75, 3.05) is 38.4 Å². The molecule has 1 atom stereocenters. The minimum atomic E-state index is -0.488. The van der Waals surface area contributed by atoms with Crippen LogP contribution in [0.25, 0.3) is 0 Å². The number of rotatable bonds is 4. The summed E-state index contributed by atoms with van der Waals surface area (Å²) < 4.78 is 15.6. The van der Waals surface area contributed by atoms with Gasteiger partial charge in [0.15, 0.2) is 6.04 Å². The van der Waals surface area contributed by atoms with Crippen molar-refractivity contribution in [3.05, 3.63) is 11.9 Å². The summed E-state index contributed by atoms with van der Waals surface area (Å²) >= 11 is 0. The fourth-order valence-corrected chi connectivity index (χ4v) is 2.10. The Morgan fingerprint density at radius 2 is 2.35 bits per heavy atom. The van der Waals surface area contributed by atoms with Crippen LogP contribution >= 0.6 is 0 Å². The van der Waals surface area contributed by atoms with Gasteiger partial charge in [0.05, 0.1) is 26.9 Å². The predicted octanol–water partition coefficient (Wildman–Crippen LogP) is 0.562. The predicted molar refractivity (Wildman–Crippen MR) is 71.9 cm³/mol. The molecule has 20 heavy (non-hydrogen) atoms. The average Bonchev–Trinajstić information content (AvgIpc) is 2.46. The lowest BCUT2D eigenvalue weighted by atomic mass is 10.2. The van der Waals surface area contributed by atoms with E-state index < -0.39 is 6.04 Å². The van der Waals surface area contributed by atoms with Gasteiger partial charge in [-0.2, -0.15) is 4.98 Å². The maximum atomic E-state index is 11.8. The molecule has 1 fully saturated rings. The molecule has 1 aromatic rings. The van der Waals surface area contributed by atoms with Crippen LogP contribution < -0.4 is 9.64 Å². The molecular formula is C13H19N3O4. The lowest BCUT2D eigenvalue weighted by molar-refractivity contribution is -0.144. The van der Waals surface area contributed by atoms with E-state index in [1.807, 2.05) is 11.8 Å². The summed E-state index contributed by atoms with van der Waals surface area (Å²) in [5.41, 5.74) is 0. The first-order chi connectivity index (χ1) is 9.65. The number of hydrogen-bond donors (Lipinski definition) is 0. The lowest BCUT2D eigenvalue weighted by Crippen LogP contribution is -2.51. The van der Waals surface area contributed by atoms with Gasteiger partial charge in [-0.05, 0) is 13.8 Å². The molecule has 7 heteroatoms. The van der Waals surface area contributed by atoms with E-state index in [0.717, 1.165) is 0 Å². The van der Waals surface area contributed by atoms with Gasteiger partial charge in [-0.25, -0.2) is 9.78 Å². The molecule has 0 N–H and O–H groups in total. The molecule has 110 valence electrons. The highest BCUT2D eigenvalue weighted by Gasteiger charge is 2.31. The van der Waals surface area contributed by atoms with Crippen molar-refractivity contribution in [1.82, 2.24) is 9.97 Å². The van der Waals surface area contributed by atoms with Gasteiger partial charge in [0.2, 0.25) is 5.88 Å². The smallest absolute Gasteiger partial charge is 0.330 e. The van der Waals surface area contributed by atoms with E-state index in [-0.39, 0.29) is 5.97 Å². The fraction of sp³-hybridized carbons (Fsp3) is 0.615. The Balaban J connectivity index is 2.29. The minimum Gasteiger partial charge on any atom is -0.478 e. The number of ether oxygens (including phenoxy) is 3. The van der Waals surface area contributed by atoms with Gasteiger partial charge in [0, 0.05) is 12.6 Å². The molecular weight excluding hydrogens is 262 g/mol. The Morgan fingerprint density at radius 3 is 3.05 bits per heavy atom. The summed E-state index contributed by atoms with van der Waals surface area (Å²) in [6, 6.07) is 1.25. The van der Waals surface area contributed by atoms with Crippen LogP contribution in [0.2, 0.25) is 0 Å². The third-order valence-electron chi connectivity index (χ3n) is 2.99. The van der Waals surface area contributed by atoms with Gasteiger partial charge in [0.25, 0.3) is 0 Å². The van der Waals surface area contributed by atoms with Gasteiger partial charge >= 0.3 is 5.97 Å². The van der Waals surface area contributed by atoms with E-state index >= 15 is 0 Å². The monoisotopic (exact) mass is 281 g/mol. The number of nitrogens with zero attached hydrogens (tertiary/aromatic N) is 3. The standard InChI is InChI=1S/C13H19N3O4/c1-4-20-12-7-11(14-9(2)15-12)16-5-6-19-8-10(16)13(17)18-3/h7,10H,4-6,8H2,1-3H3. The van der Waals surface area contributed by atoms with Crippen LogP contribution in [0.4, 0.5) is 5.82 Å². The third kappa shape index (κ3) is 3.16. The number of aromatic nitrogens is 2. The quantitative estimate of drug-likeness (QED) is 0.747. The van der Waals surface area contributed by atoms with Gasteiger partial charge in [-0.15, -0.1) is 0 Å². The van der Waals surface area contributed by atoms with Crippen molar-refractivity contribution in [2.24, 2.45) is 0 Å². The van der Waals surface area contributed by atoms with Crippen LogP contribution in [0.3, 0.4) is 0 Å². The number of aryl methyl sites for hydroxylation is 1. The molecule has 0 aliphatic carbocycles. The van der Waals surface area contributed by atoms with Gasteiger partial charge in [-0.3, -0.25) is 0 Å². The molecule has 0 spiro atoms. The molecule has 7 nitrogen and oxygen atoms in total. The largest absolute Gasteiger partial charge is 0.478 e. The lowest BCUT2D eigenvalue weighted by Gasteiger charge is -2.34. The summed E-state index contributed by atoms with van der Waals surface area (Å²) in [6.45, 7) is 5.62. The van der Waals surface area contributed by atoms with Crippen LogP contribution in [-0.4, -0.2) is 55.5 Å². The number of anilines is 1. The minimum absolute atomic E-state index is 0.291. The summed E-state index contributed by atoms with van der Waals surface area (Å²) in [6.07, 6.45) is 0. The zero-order valence-electron chi connectivity index (χ0n) is 12.0. The molecule has 1 aliphatic rings. The number of morpholine rings is 1. The zero-order valence-corrected chi connectivity index (χ0v) is 12.0. The van der Waals surface area contributed by atoms with E-state index in [1.165, 1.54) is 7.11 Å². The van der Waals surface area contributed by atoms with Crippen molar-refractivity contribution in [2.45, 2.75) is 19.9 Å². The summed E-state index contributed by atoms with van der Waals surface area (Å²) in [4.78, 5) is 22.3. The Hall–Kier alpha value is -1.89. The summed E-state index contributed by atoms with van der Waals surface area (Å²) in [5, 5.41) is 0. The van der Waals surface area contributed by atoms with Crippen LogP contribution in [-0.2, 0) is 14.3 Å². The highest BCUT2D eigenvalue weighted by Crippen LogP contribution is 2.22. The van der Waals surface area contributed by atoms with Crippen molar-refractivity contribution in [3.8, 4) is 5.88 Å². The second-order valence-corrected chi connectivity index (χ2v) is 4.35. The first-order valence-electron chi connectivity index (χ1n) is 6.56. The third-order valence-corrected chi connectivity index (χ3v) is 2.99. The van der Waals surface area contributed by atoms with Crippen LogP contribution in [0.1, 0.15) is 12.7 Å². The van der Waals surface area contributed by atoms with Gasteiger partial charge in [0.1, 0.15) is 11.6 Å². The Bertz CT molecular complexity index is 481. The number of carbonyl (C=O) groups excluding carboxylic acids is 1. The average molecular weight is 281 g/mol. The van der Waals surface area contributed by atoms with E-state index in [9.17, 15) is 4.79 Å². The maximum Gasteiger partial charge on any atom is 0.330 e. The molecule has 1 aliphatic heterocycles. The van der Waals surface area contributed by atoms with Crippen molar-refractivity contribution < 1.29 is 19.0 Å². The SMILES string of the molecule is CCOc1cc(N2CCOCC2C(=O)OC)nc(C)n1. The Kier molecular flexibility index (Phi) is 4.73. The molecule has 2 heterocycles. The van der Waals surface area contributed by atoms with E-state index in [1.54, 1.807) is 13.0 Å². The second kappa shape index (κ2) is 6.51. The highest BCUT2D eigenvalue weighted by atomic mass is 16.5. The van der Waals surface area contributed by atoms with E-state index in [0.29, 0.717) is 43.9 Å². The van der Waals surface area contributed by atoms with Crippen LogP contribution in [0, 0.1) is 6.92 Å². The molecule has 2 rings (SSSR count). The number of esters is 1. The number of methoxy groups -OCH3 is 1. The topological polar surface area (TPSA) is 73.8 Å². The highest BCUT2D eigenvalue weighted by molar-refractivity contribution is 5.80. The maximum absolute atomic E-state index is 11.8. The molecule has 0 aromatic carbocycles. The number of carbonyl (C=O) groups is 1. The summed E-state index contributed by atoms with van der Waals surface area (Å²) in [5.74, 6) is 1.42. The zero-order chi connectivity index (χ0) is 14.5. The normalized spacial score (nSPS) is 18.8. The van der Waals surface area contributed by atoms with Crippen molar-refractivity contribution in [3.63, 3.8) is 0 Å². The van der Waals surface area contributed by atoms with Gasteiger partial charge in [-0.1, -0.05) is 0 Å². The molecule has 0 radical (unpaired) electrons. The van der Waals surface area contributed by atoms with Crippen LogP contribution in [0.5, 0.6) is 5.88 Å². The van der Waals surface area contributed by atoms with E-state index in [2.05, 4.69) is 9.97 Å².